The van der Waals surface area contributed by atoms with Gasteiger partial charge in [0.25, 0.3) is 0 Å². The first-order chi connectivity index (χ1) is 16.9. The monoisotopic (exact) mass is 514 g/mol. The molecule has 1 fully saturated rings. The predicted octanol–water partition coefficient (Wildman–Crippen LogP) is 5.33. The number of para-hydroxylation sites is 1. The van der Waals surface area contributed by atoms with Crippen molar-refractivity contribution in [3.63, 3.8) is 0 Å². The third kappa shape index (κ3) is 5.73. The number of benzene rings is 2. The van der Waals surface area contributed by atoms with Gasteiger partial charge in [-0.25, -0.2) is 9.10 Å². The summed E-state index contributed by atoms with van der Waals surface area (Å²) in [5.41, 5.74) is 2.36. The number of fused-ring (bicyclic) bond motifs is 1. The van der Waals surface area contributed by atoms with Crippen LogP contribution in [0.5, 0.6) is 5.75 Å². The quantitative estimate of drug-likeness (QED) is 0.255. The third-order valence-electron chi connectivity index (χ3n) is 6.45. The fourth-order valence-electron chi connectivity index (χ4n) is 4.44. The van der Waals surface area contributed by atoms with Crippen molar-refractivity contribution in [1.29, 1.82) is 0 Å². The second kappa shape index (κ2) is 11.6. The molecular formula is C26H34N4O3S2. The molecule has 1 unspecified atom stereocenters. The number of hydrogen-bond donors (Lipinski definition) is 0. The number of thioether (sulfide) groups is 1. The highest BCUT2D eigenvalue weighted by Gasteiger charge is 2.33. The summed E-state index contributed by atoms with van der Waals surface area (Å²) in [6.07, 6.45) is 5.56. The van der Waals surface area contributed by atoms with Crippen LogP contribution in [0, 0.1) is 0 Å². The van der Waals surface area contributed by atoms with Gasteiger partial charge in [-0.2, -0.15) is 0 Å². The van der Waals surface area contributed by atoms with E-state index < -0.39 is 0 Å². The van der Waals surface area contributed by atoms with Crippen LogP contribution >= 0.6 is 23.7 Å². The first-order valence-corrected chi connectivity index (χ1v) is 14.1. The van der Waals surface area contributed by atoms with E-state index in [-0.39, 0.29) is 31.6 Å². The van der Waals surface area contributed by atoms with E-state index in [1.54, 1.807) is 30.8 Å². The maximum atomic E-state index is 12.2. The molecular weight excluding hydrogens is 480 g/mol. The smallest absolute Gasteiger partial charge is 0.327 e. The summed E-state index contributed by atoms with van der Waals surface area (Å²) in [6.45, 7) is 3.80. The molecule has 2 aliphatic rings. The van der Waals surface area contributed by atoms with E-state index >= 15 is 0 Å². The number of carbonyl (C=O) groups excluding carboxylic acids is 2. The molecule has 35 heavy (non-hydrogen) atoms. The molecule has 0 aromatic heterocycles. The third-order valence-corrected chi connectivity index (χ3v) is 8.32. The fraction of sp³-hybridized carbons (Fsp3) is 0.462. The number of amides is 3. The van der Waals surface area contributed by atoms with Crippen molar-refractivity contribution in [3.05, 3.63) is 42.5 Å². The summed E-state index contributed by atoms with van der Waals surface area (Å²) < 4.78 is 8.53. The van der Waals surface area contributed by atoms with Crippen molar-refractivity contribution in [2.45, 2.75) is 42.0 Å². The van der Waals surface area contributed by atoms with Crippen LogP contribution in [0.1, 0.15) is 26.2 Å². The molecule has 7 nitrogen and oxygen atoms in total. The van der Waals surface area contributed by atoms with Gasteiger partial charge in [0.1, 0.15) is 18.9 Å². The Balaban J connectivity index is 1.61. The highest BCUT2D eigenvalue weighted by Crippen LogP contribution is 2.45. The minimum atomic E-state index is -0.264. The fourth-order valence-corrected chi connectivity index (χ4v) is 6.04. The molecule has 4 rings (SSSR count). The molecule has 0 aliphatic carbocycles. The number of unbranched alkanes of at least 4 members (excludes halogenated alkanes) is 1. The van der Waals surface area contributed by atoms with Crippen LogP contribution in [-0.2, 0) is 4.79 Å². The standard InChI is InChI=1S/C26H34N4O3S2/c1-5-6-10-20-17-30(19-11-8-7-9-12-19)21-15-24(34-4)22(16-23(21)35-28(20)3)33-14-13-29-25(31)18-27(2)26(29)32/h7-9,11-12,15-16,20H,5-6,10,13-14,17-18H2,1-4H3. The molecule has 3 amide bonds. The number of imide groups is 1. The van der Waals surface area contributed by atoms with E-state index in [0.717, 1.165) is 28.5 Å². The van der Waals surface area contributed by atoms with Crippen LogP contribution in [0.2, 0.25) is 0 Å². The average molecular weight is 515 g/mol. The van der Waals surface area contributed by atoms with Gasteiger partial charge in [-0.3, -0.25) is 9.69 Å². The Bertz CT molecular complexity index is 1050. The summed E-state index contributed by atoms with van der Waals surface area (Å²) in [6, 6.07) is 15.0. The van der Waals surface area contributed by atoms with Gasteiger partial charge in [0, 0.05) is 25.3 Å². The summed E-state index contributed by atoms with van der Waals surface area (Å²) in [7, 11) is 3.81. The molecule has 2 heterocycles. The Morgan fingerprint density at radius 1 is 1.14 bits per heavy atom. The van der Waals surface area contributed by atoms with Crippen molar-refractivity contribution in [2.24, 2.45) is 0 Å². The Morgan fingerprint density at radius 3 is 2.57 bits per heavy atom. The van der Waals surface area contributed by atoms with Gasteiger partial charge in [-0.1, -0.05) is 38.0 Å². The predicted molar refractivity (Wildman–Crippen MR) is 144 cm³/mol. The highest BCUT2D eigenvalue weighted by molar-refractivity contribution is 7.98. The molecule has 2 aliphatic heterocycles. The molecule has 0 saturated carbocycles. The highest BCUT2D eigenvalue weighted by atomic mass is 32.2. The van der Waals surface area contributed by atoms with E-state index in [4.69, 9.17) is 4.74 Å². The number of urea groups is 1. The van der Waals surface area contributed by atoms with Crippen molar-refractivity contribution in [2.75, 3.05) is 51.5 Å². The summed E-state index contributed by atoms with van der Waals surface area (Å²) in [4.78, 5) is 31.6. The number of anilines is 2. The zero-order valence-electron chi connectivity index (χ0n) is 20.9. The molecule has 0 spiro atoms. The van der Waals surface area contributed by atoms with Gasteiger partial charge >= 0.3 is 6.03 Å². The molecule has 9 heteroatoms. The van der Waals surface area contributed by atoms with Gasteiger partial charge in [0.05, 0.1) is 22.0 Å². The van der Waals surface area contributed by atoms with Crippen LogP contribution in [-0.4, -0.2) is 78.7 Å². The van der Waals surface area contributed by atoms with Gasteiger partial charge in [0.2, 0.25) is 5.91 Å². The van der Waals surface area contributed by atoms with E-state index in [9.17, 15) is 9.59 Å². The SMILES string of the molecule is CCCCC1CN(c2ccccc2)c2cc(SC)c(OCCN3C(=O)CN(C)C3=O)cc2SN1C. The van der Waals surface area contributed by atoms with E-state index in [1.807, 2.05) is 6.26 Å². The van der Waals surface area contributed by atoms with Gasteiger partial charge in [-0.05, 0) is 55.9 Å². The number of ether oxygens (including phenoxy) is 1. The molecule has 2 aromatic carbocycles. The normalized spacial score (nSPS) is 18.7. The molecule has 188 valence electrons. The number of carbonyl (C=O) groups is 2. The van der Waals surface area contributed by atoms with Crippen molar-refractivity contribution in [3.8, 4) is 5.75 Å². The Kier molecular flexibility index (Phi) is 8.51. The van der Waals surface area contributed by atoms with Crippen molar-refractivity contribution in [1.82, 2.24) is 14.1 Å². The molecule has 0 N–H and O–H groups in total. The Labute approximate surface area is 216 Å². The Morgan fingerprint density at radius 2 is 1.91 bits per heavy atom. The lowest BCUT2D eigenvalue weighted by molar-refractivity contribution is -0.125. The minimum Gasteiger partial charge on any atom is -0.491 e. The number of hydrogen-bond acceptors (Lipinski definition) is 7. The van der Waals surface area contributed by atoms with Gasteiger partial charge in [0.15, 0.2) is 0 Å². The second-order valence-corrected chi connectivity index (χ2v) is 10.9. The van der Waals surface area contributed by atoms with Gasteiger partial charge < -0.3 is 14.5 Å². The summed E-state index contributed by atoms with van der Waals surface area (Å²) >= 11 is 3.40. The molecule has 2 aromatic rings. The van der Waals surface area contributed by atoms with Crippen LogP contribution < -0.4 is 9.64 Å². The minimum absolute atomic E-state index is 0.130. The van der Waals surface area contributed by atoms with E-state index in [2.05, 4.69) is 65.6 Å². The van der Waals surface area contributed by atoms with Crippen LogP contribution in [0.4, 0.5) is 16.2 Å². The first-order valence-electron chi connectivity index (χ1n) is 12.1. The largest absolute Gasteiger partial charge is 0.491 e. The summed E-state index contributed by atoms with van der Waals surface area (Å²) in [5.74, 6) is 0.603. The molecule has 1 atom stereocenters. The molecule has 0 radical (unpaired) electrons. The number of likely N-dealkylation sites (N-methyl/N-ethyl adjacent to an activating group) is 2. The lowest BCUT2D eigenvalue weighted by atomic mass is 10.1. The number of rotatable bonds is 9. The van der Waals surface area contributed by atoms with Gasteiger partial charge in [-0.15, -0.1) is 11.8 Å². The lowest BCUT2D eigenvalue weighted by Crippen LogP contribution is -2.35. The molecule has 1 saturated heterocycles. The second-order valence-electron chi connectivity index (χ2n) is 8.88. The maximum absolute atomic E-state index is 12.2. The lowest BCUT2D eigenvalue weighted by Gasteiger charge is -2.30. The van der Waals surface area contributed by atoms with Crippen LogP contribution in [0.25, 0.3) is 0 Å². The van der Waals surface area contributed by atoms with Crippen LogP contribution in [0.15, 0.2) is 52.3 Å². The van der Waals surface area contributed by atoms with E-state index in [1.165, 1.54) is 34.0 Å². The van der Waals surface area contributed by atoms with Crippen LogP contribution in [0.3, 0.4) is 0 Å². The van der Waals surface area contributed by atoms with Crippen molar-refractivity contribution >= 4 is 47.0 Å². The van der Waals surface area contributed by atoms with Crippen molar-refractivity contribution < 1.29 is 14.3 Å². The molecule has 0 bridgehead atoms. The Hall–Kier alpha value is -2.36. The number of nitrogens with zero attached hydrogens (tertiary/aromatic N) is 4. The van der Waals surface area contributed by atoms with E-state index in [0.29, 0.717) is 6.04 Å². The summed E-state index contributed by atoms with van der Waals surface area (Å²) in [5, 5.41) is 0. The topological polar surface area (TPSA) is 56.3 Å². The zero-order valence-corrected chi connectivity index (χ0v) is 22.5. The zero-order chi connectivity index (χ0) is 24.9. The first kappa shape index (κ1) is 25.7. The maximum Gasteiger partial charge on any atom is 0.327 e. The average Bonchev–Trinajstić information content (AvgIpc) is 3.02.